The highest BCUT2D eigenvalue weighted by Crippen LogP contribution is 2.33. The first-order valence-electron chi connectivity index (χ1n) is 10.8. The van der Waals surface area contributed by atoms with Gasteiger partial charge in [-0.05, 0) is 37.0 Å². The normalized spacial score (nSPS) is 13.5. The maximum absolute atomic E-state index is 12.9. The molecule has 1 atom stereocenters. The zero-order valence-corrected chi connectivity index (χ0v) is 19.7. The van der Waals surface area contributed by atoms with E-state index in [1.54, 1.807) is 19.1 Å². The number of nitrogens with zero attached hydrogens (tertiary/aromatic N) is 2. The van der Waals surface area contributed by atoms with Gasteiger partial charge >= 0.3 is 11.7 Å². The van der Waals surface area contributed by atoms with Crippen LogP contribution in [0.1, 0.15) is 46.5 Å². The lowest BCUT2D eigenvalue weighted by atomic mass is 10.0. The number of fused-ring (bicyclic) bond motifs is 1. The zero-order valence-electron chi connectivity index (χ0n) is 19.7. The van der Waals surface area contributed by atoms with Gasteiger partial charge < -0.3 is 14.8 Å². The summed E-state index contributed by atoms with van der Waals surface area (Å²) in [7, 11) is 1.26. The summed E-state index contributed by atoms with van der Waals surface area (Å²) in [6, 6.07) is 7.64. The van der Waals surface area contributed by atoms with Crippen LogP contribution in [0.3, 0.4) is 0 Å². The van der Waals surface area contributed by atoms with Crippen molar-refractivity contribution in [1.82, 2.24) is 4.90 Å². The minimum Gasteiger partial charge on any atom is -0.490 e. The fourth-order valence-corrected chi connectivity index (χ4v) is 3.78. The highest BCUT2D eigenvalue weighted by molar-refractivity contribution is 6.22. The van der Waals surface area contributed by atoms with Crippen molar-refractivity contribution in [2.45, 2.75) is 33.2 Å². The molecule has 0 fully saturated rings. The summed E-state index contributed by atoms with van der Waals surface area (Å²) in [5.74, 6) is -2.88. The Bertz CT molecular complexity index is 1170. The number of nitro groups is 1. The van der Waals surface area contributed by atoms with Crippen LogP contribution in [0.5, 0.6) is 5.75 Å². The number of carbonyl (C=O) groups is 4. The van der Waals surface area contributed by atoms with E-state index in [1.807, 2.05) is 13.8 Å². The number of nitrogens with one attached hydrogen (secondary N) is 1. The number of aryl methyl sites for hydroxylation is 1. The summed E-state index contributed by atoms with van der Waals surface area (Å²) in [6.07, 6.45) is 0.157. The van der Waals surface area contributed by atoms with E-state index in [0.717, 1.165) is 4.90 Å². The highest BCUT2D eigenvalue weighted by Gasteiger charge is 2.43. The van der Waals surface area contributed by atoms with Gasteiger partial charge in [0.15, 0.2) is 12.4 Å². The molecule has 1 heterocycles. The average molecular weight is 483 g/mol. The molecule has 0 saturated carbocycles. The third-order valence-corrected chi connectivity index (χ3v) is 5.45. The highest BCUT2D eigenvalue weighted by atomic mass is 16.6. The van der Waals surface area contributed by atoms with E-state index in [4.69, 9.17) is 9.47 Å². The van der Waals surface area contributed by atoms with Crippen molar-refractivity contribution in [1.29, 1.82) is 0 Å². The Hall–Kier alpha value is -4.28. The van der Waals surface area contributed by atoms with Crippen LogP contribution in [0.25, 0.3) is 0 Å². The lowest BCUT2D eigenvalue weighted by Crippen LogP contribution is -2.46. The van der Waals surface area contributed by atoms with Gasteiger partial charge in [0, 0.05) is 17.8 Å². The lowest BCUT2D eigenvalue weighted by molar-refractivity contribution is -0.385. The van der Waals surface area contributed by atoms with Crippen LogP contribution in [0.4, 0.5) is 11.4 Å². The first-order valence-corrected chi connectivity index (χ1v) is 10.8. The molecule has 11 heteroatoms. The number of hydrogen-bond donors (Lipinski definition) is 1. The molecule has 0 aromatic heterocycles. The van der Waals surface area contributed by atoms with E-state index in [1.165, 1.54) is 31.4 Å². The van der Waals surface area contributed by atoms with E-state index >= 15 is 0 Å². The molecule has 3 rings (SSSR count). The molecular weight excluding hydrogens is 458 g/mol. The van der Waals surface area contributed by atoms with Crippen molar-refractivity contribution in [3.05, 3.63) is 63.2 Å². The van der Waals surface area contributed by atoms with Gasteiger partial charge in [-0.3, -0.25) is 29.4 Å². The number of carbonyl (C=O) groups excluding carboxylic acids is 4. The van der Waals surface area contributed by atoms with E-state index in [2.05, 4.69) is 5.32 Å². The van der Waals surface area contributed by atoms with Crippen LogP contribution in [-0.2, 0) is 14.3 Å². The standard InChI is InChI=1S/C24H25N3O8/c1-13(2)9-19(26-22(29)15-7-5-6-8-16(15)23(26)30)24(31)35-12-21(28)25-17-11-20(34-4)18(27(32)33)10-14(17)3/h5-8,10-11,13,19H,9,12H2,1-4H3,(H,25,28)/t19-/m0/s1. The van der Waals surface area contributed by atoms with Crippen LogP contribution < -0.4 is 10.1 Å². The summed E-state index contributed by atoms with van der Waals surface area (Å²) in [6.45, 7) is 4.54. The second-order valence-electron chi connectivity index (χ2n) is 8.42. The van der Waals surface area contributed by atoms with Gasteiger partial charge in [0.05, 0.1) is 23.2 Å². The molecule has 1 aliphatic heterocycles. The molecule has 1 aliphatic rings. The molecule has 0 radical (unpaired) electrons. The second-order valence-corrected chi connectivity index (χ2v) is 8.42. The number of benzene rings is 2. The number of rotatable bonds is 9. The van der Waals surface area contributed by atoms with Crippen molar-refractivity contribution in [3.8, 4) is 5.75 Å². The van der Waals surface area contributed by atoms with E-state index in [9.17, 15) is 29.3 Å². The Labute approximate surface area is 201 Å². The predicted molar refractivity (Wildman–Crippen MR) is 124 cm³/mol. The molecule has 2 aromatic carbocycles. The maximum Gasteiger partial charge on any atom is 0.329 e. The van der Waals surface area contributed by atoms with Crippen LogP contribution in [0.15, 0.2) is 36.4 Å². The van der Waals surface area contributed by atoms with E-state index < -0.39 is 41.3 Å². The lowest BCUT2D eigenvalue weighted by Gasteiger charge is -2.25. The molecule has 11 nitrogen and oxygen atoms in total. The number of nitro benzene ring substituents is 1. The number of imide groups is 1. The van der Waals surface area contributed by atoms with Crippen molar-refractivity contribution < 1.29 is 33.6 Å². The summed E-state index contributed by atoms with van der Waals surface area (Å²) in [5.41, 5.74) is 0.805. The number of anilines is 1. The molecule has 2 aromatic rings. The minimum absolute atomic E-state index is 0.0458. The first-order chi connectivity index (χ1) is 16.5. The smallest absolute Gasteiger partial charge is 0.329 e. The van der Waals surface area contributed by atoms with Gasteiger partial charge in [0.25, 0.3) is 17.7 Å². The number of ether oxygens (including phenoxy) is 2. The van der Waals surface area contributed by atoms with Gasteiger partial charge in [0.1, 0.15) is 6.04 Å². The number of methoxy groups -OCH3 is 1. The average Bonchev–Trinajstić information content (AvgIpc) is 3.06. The largest absolute Gasteiger partial charge is 0.490 e. The molecule has 0 saturated heterocycles. The quantitative estimate of drug-likeness (QED) is 0.248. The van der Waals surface area contributed by atoms with Gasteiger partial charge in [0.2, 0.25) is 0 Å². The summed E-state index contributed by atoms with van der Waals surface area (Å²) >= 11 is 0. The Balaban J connectivity index is 1.72. The van der Waals surface area contributed by atoms with Crippen LogP contribution in [0, 0.1) is 23.0 Å². The monoisotopic (exact) mass is 483 g/mol. The Morgan fingerprint density at radius 2 is 1.71 bits per heavy atom. The third-order valence-electron chi connectivity index (χ3n) is 5.45. The van der Waals surface area contributed by atoms with Crippen molar-refractivity contribution in [2.75, 3.05) is 19.0 Å². The van der Waals surface area contributed by atoms with Crippen molar-refractivity contribution >= 4 is 35.1 Å². The first kappa shape index (κ1) is 25.3. The fraction of sp³-hybridized carbons (Fsp3) is 0.333. The molecular formula is C24H25N3O8. The molecule has 3 amide bonds. The Kier molecular flexibility index (Phi) is 7.48. The Morgan fingerprint density at radius 3 is 2.23 bits per heavy atom. The molecule has 1 N–H and O–H groups in total. The van der Waals surface area contributed by atoms with Crippen molar-refractivity contribution in [2.24, 2.45) is 5.92 Å². The fourth-order valence-electron chi connectivity index (χ4n) is 3.78. The SMILES string of the molecule is COc1cc(NC(=O)COC(=O)[C@H](CC(C)C)N2C(=O)c3ccccc3C2=O)c(C)cc1[N+](=O)[O-]. The molecule has 35 heavy (non-hydrogen) atoms. The van der Waals surface area contributed by atoms with Gasteiger partial charge in [-0.1, -0.05) is 26.0 Å². The van der Waals surface area contributed by atoms with Crippen LogP contribution in [-0.4, -0.2) is 53.3 Å². The van der Waals surface area contributed by atoms with Crippen molar-refractivity contribution in [3.63, 3.8) is 0 Å². The molecule has 0 unspecified atom stereocenters. The third kappa shape index (κ3) is 5.29. The summed E-state index contributed by atoms with van der Waals surface area (Å²) in [5, 5.41) is 13.7. The number of esters is 1. The topological polar surface area (TPSA) is 145 Å². The molecule has 0 bridgehead atoms. The van der Waals surface area contributed by atoms with E-state index in [-0.39, 0.29) is 40.6 Å². The predicted octanol–water partition coefficient (Wildman–Crippen LogP) is 3.10. The maximum atomic E-state index is 12.9. The number of amides is 3. The minimum atomic E-state index is -1.20. The summed E-state index contributed by atoms with van der Waals surface area (Å²) in [4.78, 5) is 62.5. The number of hydrogen-bond acceptors (Lipinski definition) is 8. The van der Waals surface area contributed by atoms with Crippen LogP contribution in [0.2, 0.25) is 0 Å². The summed E-state index contributed by atoms with van der Waals surface area (Å²) < 4.78 is 10.2. The molecule has 184 valence electrons. The van der Waals surface area contributed by atoms with Crippen LogP contribution >= 0.6 is 0 Å². The van der Waals surface area contributed by atoms with Gasteiger partial charge in [-0.15, -0.1) is 0 Å². The molecule has 0 aliphatic carbocycles. The zero-order chi connectivity index (χ0) is 25.9. The van der Waals surface area contributed by atoms with Gasteiger partial charge in [-0.2, -0.15) is 0 Å². The second kappa shape index (κ2) is 10.3. The molecule has 0 spiro atoms. The van der Waals surface area contributed by atoms with E-state index in [0.29, 0.717) is 5.56 Å². The van der Waals surface area contributed by atoms with Gasteiger partial charge in [-0.25, -0.2) is 4.79 Å². The Morgan fingerprint density at radius 1 is 1.11 bits per heavy atom.